The topological polar surface area (TPSA) is 31.4 Å². The molecule has 0 saturated heterocycles. The minimum absolute atomic E-state index is 0.0668. The van der Waals surface area contributed by atoms with E-state index in [1.165, 1.54) is 19.4 Å². The molecule has 0 aromatic carbocycles. The maximum Gasteiger partial charge on any atom is 0.387 e. The van der Waals surface area contributed by atoms with Gasteiger partial charge in [0, 0.05) is 17.8 Å². The van der Waals surface area contributed by atoms with Gasteiger partial charge in [0.1, 0.15) is 5.75 Å². The molecule has 0 saturated carbocycles. The number of ether oxygens (including phenoxy) is 2. The highest BCUT2D eigenvalue weighted by Crippen LogP contribution is 2.29. The van der Waals surface area contributed by atoms with Gasteiger partial charge in [0.2, 0.25) is 5.88 Å². The number of nitrogens with zero attached hydrogens (tertiary/aromatic N) is 1. The standard InChI is InChI=1S/C10H13F2NO2/c1-6(2)7-5-13-9(14-3)4-8(7)15-10(11)12/h4-6,10H,1-3H3. The summed E-state index contributed by atoms with van der Waals surface area (Å²) in [7, 11) is 1.42. The molecular weight excluding hydrogens is 204 g/mol. The molecule has 1 aromatic rings. The van der Waals surface area contributed by atoms with Gasteiger partial charge < -0.3 is 9.47 Å². The Morgan fingerprint density at radius 3 is 2.47 bits per heavy atom. The number of halogens is 2. The molecule has 84 valence electrons. The largest absolute Gasteiger partial charge is 0.481 e. The second-order valence-corrected chi connectivity index (χ2v) is 3.30. The summed E-state index contributed by atoms with van der Waals surface area (Å²) in [6, 6.07) is 1.36. The van der Waals surface area contributed by atoms with Gasteiger partial charge in [0.05, 0.1) is 7.11 Å². The van der Waals surface area contributed by atoms with E-state index in [0.717, 1.165) is 0 Å². The molecule has 15 heavy (non-hydrogen) atoms. The first kappa shape index (κ1) is 11.7. The maximum atomic E-state index is 12.1. The summed E-state index contributed by atoms with van der Waals surface area (Å²) in [6.07, 6.45) is 1.49. The quantitative estimate of drug-likeness (QED) is 0.777. The van der Waals surface area contributed by atoms with E-state index in [4.69, 9.17) is 4.74 Å². The molecule has 0 N–H and O–H groups in total. The van der Waals surface area contributed by atoms with Crippen molar-refractivity contribution in [2.45, 2.75) is 26.4 Å². The van der Waals surface area contributed by atoms with Crippen LogP contribution in [0.4, 0.5) is 8.78 Å². The van der Waals surface area contributed by atoms with Gasteiger partial charge in [-0.05, 0) is 5.92 Å². The van der Waals surface area contributed by atoms with Crippen molar-refractivity contribution in [1.82, 2.24) is 4.98 Å². The highest BCUT2D eigenvalue weighted by molar-refractivity contribution is 5.37. The van der Waals surface area contributed by atoms with Gasteiger partial charge in [-0.1, -0.05) is 13.8 Å². The van der Waals surface area contributed by atoms with Crippen molar-refractivity contribution in [1.29, 1.82) is 0 Å². The van der Waals surface area contributed by atoms with Gasteiger partial charge in [-0.25, -0.2) is 4.98 Å². The summed E-state index contributed by atoms with van der Waals surface area (Å²) in [6.45, 7) is 0.915. The lowest BCUT2D eigenvalue weighted by Gasteiger charge is -2.13. The minimum Gasteiger partial charge on any atom is -0.481 e. The molecule has 0 amide bonds. The third-order valence-corrected chi connectivity index (χ3v) is 1.92. The molecule has 0 aliphatic heterocycles. The van der Waals surface area contributed by atoms with E-state index in [1.54, 1.807) is 0 Å². The molecule has 0 aliphatic rings. The van der Waals surface area contributed by atoms with Crippen molar-refractivity contribution < 1.29 is 18.3 Å². The Hall–Kier alpha value is -1.39. The average molecular weight is 217 g/mol. The summed E-state index contributed by atoms with van der Waals surface area (Å²) >= 11 is 0. The van der Waals surface area contributed by atoms with Crippen LogP contribution in [0.5, 0.6) is 11.6 Å². The first-order chi connectivity index (χ1) is 7.04. The van der Waals surface area contributed by atoms with E-state index in [0.29, 0.717) is 5.56 Å². The normalized spacial score (nSPS) is 10.9. The SMILES string of the molecule is COc1cc(OC(F)F)c(C(C)C)cn1. The lowest BCUT2D eigenvalue weighted by Crippen LogP contribution is -2.06. The van der Waals surface area contributed by atoms with E-state index in [1.807, 2.05) is 13.8 Å². The molecule has 0 radical (unpaired) electrons. The number of aromatic nitrogens is 1. The lowest BCUT2D eigenvalue weighted by molar-refractivity contribution is -0.0507. The number of pyridine rings is 1. The summed E-state index contributed by atoms with van der Waals surface area (Å²) in [5.74, 6) is 0.444. The first-order valence-electron chi connectivity index (χ1n) is 4.53. The molecule has 0 fully saturated rings. The zero-order valence-electron chi connectivity index (χ0n) is 8.83. The van der Waals surface area contributed by atoms with Crippen molar-refractivity contribution in [3.63, 3.8) is 0 Å². The van der Waals surface area contributed by atoms with Crippen LogP contribution >= 0.6 is 0 Å². The van der Waals surface area contributed by atoms with Crippen molar-refractivity contribution in [2.24, 2.45) is 0 Å². The van der Waals surface area contributed by atoms with Crippen molar-refractivity contribution >= 4 is 0 Å². The highest BCUT2D eigenvalue weighted by atomic mass is 19.3. The molecule has 0 spiro atoms. The molecule has 5 heteroatoms. The zero-order valence-corrected chi connectivity index (χ0v) is 8.83. The fourth-order valence-corrected chi connectivity index (χ4v) is 1.17. The molecule has 0 unspecified atom stereocenters. The van der Waals surface area contributed by atoms with Crippen LogP contribution in [0.1, 0.15) is 25.3 Å². The Morgan fingerprint density at radius 1 is 1.33 bits per heavy atom. The number of hydrogen-bond donors (Lipinski definition) is 0. The zero-order chi connectivity index (χ0) is 11.4. The second kappa shape index (κ2) is 4.91. The van der Waals surface area contributed by atoms with Gasteiger partial charge in [-0.3, -0.25) is 0 Å². The molecule has 0 atom stereocenters. The Kier molecular flexibility index (Phi) is 3.82. The van der Waals surface area contributed by atoms with Crippen molar-refractivity contribution in [2.75, 3.05) is 7.11 Å². The van der Waals surface area contributed by atoms with Crippen LogP contribution < -0.4 is 9.47 Å². The highest BCUT2D eigenvalue weighted by Gasteiger charge is 2.14. The van der Waals surface area contributed by atoms with Crippen LogP contribution in [0.3, 0.4) is 0 Å². The Morgan fingerprint density at radius 2 is 2.00 bits per heavy atom. The number of rotatable bonds is 4. The van der Waals surface area contributed by atoms with Crippen LogP contribution in [0, 0.1) is 0 Å². The van der Waals surface area contributed by atoms with Crippen molar-refractivity contribution in [3.8, 4) is 11.6 Å². The van der Waals surface area contributed by atoms with Crippen LogP contribution in [0.25, 0.3) is 0 Å². The van der Waals surface area contributed by atoms with Gasteiger partial charge >= 0.3 is 6.61 Å². The monoisotopic (exact) mass is 217 g/mol. The van der Waals surface area contributed by atoms with Gasteiger partial charge in [0.15, 0.2) is 0 Å². The number of hydrogen-bond acceptors (Lipinski definition) is 3. The van der Waals surface area contributed by atoms with Crippen LogP contribution in [-0.4, -0.2) is 18.7 Å². The van der Waals surface area contributed by atoms with Crippen LogP contribution in [-0.2, 0) is 0 Å². The molecule has 0 aliphatic carbocycles. The molecule has 0 bridgehead atoms. The second-order valence-electron chi connectivity index (χ2n) is 3.30. The van der Waals surface area contributed by atoms with Crippen molar-refractivity contribution in [3.05, 3.63) is 17.8 Å². The van der Waals surface area contributed by atoms with Crippen LogP contribution in [0.2, 0.25) is 0 Å². The fraction of sp³-hybridized carbons (Fsp3) is 0.500. The van der Waals surface area contributed by atoms with E-state index in [9.17, 15) is 8.78 Å². The third kappa shape index (κ3) is 3.04. The molecule has 1 aromatic heterocycles. The first-order valence-corrected chi connectivity index (χ1v) is 4.53. The summed E-state index contributed by atoms with van der Waals surface area (Å²) in [4.78, 5) is 3.94. The summed E-state index contributed by atoms with van der Waals surface area (Å²) < 4.78 is 33.5. The lowest BCUT2D eigenvalue weighted by atomic mass is 10.1. The van der Waals surface area contributed by atoms with E-state index >= 15 is 0 Å². The summed E-state index contributed by atoms with van der Waals surface area (Å²) in [5.41, 5.74) is 0.635. The minimum atomic E-state index is -2.84. The van der Waals surface area contributed by atoms with Gasteiger partial charge in [-0.2, -0.15) is 8.78 Å². The molecular formula is C10H13F2NO2. The van der Waals surface area contributed by atoms with Gasteiger partial charge in [-0.15, -0.1) is 0 Å². The van der Waals surface area contributed by atoms with E-state index in [-0.39, 0.29) is 17.5 Å². The Labute approximate surface area is 87.0 Å². The molecule has 1 heterocycles. The third-order valence-electron chi connectivity index (χ3n) is 1.92. The molecule has 1 rings (SSSR count). The Bertz CT molecular complexity index is 329. The average Bonchev–Trinajstić information content (AvgIpc) is 2.16. The van der Waals surface area contributed by atoms with Crippen LogP contribution in [0.15, 0.2) is 12.3 Å². The predicted octanol–water partition coefficient (Wildman–Crippen LogP) is 2.82. The predicted molar refractivity (Wildman–Crippen MR) is 51.5 cm³/mol. The number of alkyl halides is 2. The fourth-order valence-electron chi connectivity index (χ4n) is 1.17. The summed E-state index contributed by atoms with van der Waals surface area (Å²) in [5, 5.41) is 0. The van der Waals surface area contributed by atoms with E-state index in [2.05, 4.69) is 9.72 Å². The smallest absolute Gasteiger partial charge is 0.387 e. The number of methoxy groups -OCH3 is 1. The Balaban J connectivity index is 3.05. The maximum absolute atomic E-state index is 12.1. The van der Waals surface area contributed by atoms with Gasteiger partial charge in [0.25, 0.3) is 0 Å². The van der Waals surface area contributed by atoms with E-state index < -0.39 is 6.61 Å². The molecule has 3 nitrogen and oxygen atoms in total.